The van der Waals surface area contributed by atoms with Crippen molar-refractivity contribution in [1.82, 2.24) is 19.6 Å². The van der Waals surface area contributed by atoms with Gasteiger partial charge in [-0.2, -0.15) is 0 Å². The van der Waals surface area contributed by atoms with Crippen molar-refractivity contribution in [3.05, 3.63) is 70.8 Å². The number of amides is 6. The Hall–Kier alpha value is -4.50. The molecule has 0 bridgehead atoms. The van der Waals surface area contributed by atoms with Gasteiger partial charge in [-0.05, 0) is 38.1 Å². The summed E-state index contributed by atoms with van der Waals surface area (Å²) in [5, 5.41) is 0. The predicted molar refractivity (Wildman–Crippen MR) is 169 cm³/mol. The van der Waals surface area contributed by atoms with E-state index < -0.39 is 47.5 Å². The van der Waals surface area contributed by atoms with Gasteiger partial charge in [-0.3, -0.25) is 38.6 Å². The Labute approximate surface area is 278 Å². The molecule has 48 heavy (non-hydrogen) atoms. The third kappa shape index (κ3) is 7.46. The lowest BCUT2D eigenvalue weighted by Crippen LogP contribution is -2.51. The number of hydrogen-bond acceptors (Lipinski definition) is 10. The Morgan fingerprint density at radius 3 is 0.979 bits per heavy atom. The monoisotopic (exact) mass is 664 g/mol. The number of benzene rings is 2. The zero-order valence-electron chi connectivity index (χ0n) is 27.1. The Kier molecular flexibility index (Phi) is 11.7. The van der Waals surface area contributed by atoms with E-state index in [1.54, 1.807) is 48.5 Å². The van der Waals surface area contributed by atoms with Crippen molar-refractivity contribution in [2.45, 2.75) is 25.9 Å². The van der Waals surface area contributed by atoms with Crippen LogP contribution in [-0.2, 0) is 28.5 Å². The summed E-state index contributed by atoms with van der Waals surface area (Å²) in [6.07, 6.45) is 0. The van der Waals surface area contributed by atoms with Crippen molar-refractivity contribution in [2.24, 2.45) is 0 Å². The fraction of sp³-hybridized carbons (Fsp3) is 0.471. The molecule has 1 saturated heterocycles. The third-order valence-electron chi connectivity index (χ3n) is 8.53. The summed E-state index contributed by atoms with van der Waals surface area (Å²) in [5.74, 6) is -2.82. The average Bonchev–Trinajstić information content (AvgIpc) is 3.50. The number of hydrogen-bond donors (Lipinski definition) is 0. The summed E-state index contributed by atoms with van der Waals surface area (Å²) in [4.78, 5) is 83.8. The van der Waals surface area contributed by atoms with Crippen molar-refractivity contribution < 1.29 is 47.7 Å². The maximum atomic E-state index is 13.5. The third-order valence-corrected chi connectivity index (χ3v) is 8.53. The van der Waals surface area contributed by atoms with Crippen LogP contribution in [0.3, 0.4) is 0 Å². The van der Waals surface area contributed by atoms with E-state index in [4.69, 9.17) is 18.9 Å². The second kappa shape index (κ2) is 16.1. The Bertz CT molecular complexity index is 1340. The van der Waals surface area contributed by atoms with E-state index in [-0.39, 0.29) is 101 Å². The van der Waals surface area contributed by atoms with Gasteiger partial charge in [0.25, 0.3) is 23.6 Å². The van der Waals surface area contributed by atoms with Crippen LogP contribution in [0, 0.1) is 0 Å². The smallest absolute Gasteiger partial charge is 0.262 e. The second-order valence-corrected chi connectivity index (χ2v) is 11.5. The summed E-state index contributed by atoms with van der Waals surface area (Å²) in [6.45, 7) is 5.44. The summed E-state index contributed by atoms with van der Waals surface area (Å²) in [5.41, 5.74) is 1.10. The number of carbonyl (C=O) groups is 6. The number of imide groups is 2. The molecule has 3 aliphatic heterocycles. The number of carbonyl (C=O) groups excluding carboxylic acids is 6. The summed E-state index contributed by atoms with van der Waals surface area (Å²) in [7, 11) is 0. The molecular formula is C34H40N4O10. The molecule has 256 valence electrons. The van der Waals surface area contributed by atoms with Gasteiger partial charge in [0.1, 0.15) is 12.1 Å². The first-order valence-electron chi connectivity index (χ1n) is 16.0. The van der Waals surface area contributed by atoms with E-state index in [0.717, 1.165) is 9.80 Å². The minimum atomic E-state index is -1.02. The molecule has 0 aliphatic carbocycles. The van der Waals surface area contributed by atoms with Crippen molar-refractivity contribution >= 4 is 35.4 Å². The molecule has 6 amide bonds. The molecule has 0 radical (unpaired) electrons. The lowest BCUT2D eigenvalue weighted by atomic mass is 10.1. The molecule has 5 rings (SSSR count). The molecule has 3 heterocycles. The van der Waals surface area contributed by atoms with Crippen LogP contribution in [0.2, 0.25) is 0 Å². The molecule has 0 unspecified atom stereocenters. The lowest BCUT2D eigenvalue weighted by molar-refractivity contribution is -0.138. The van der Waals surface area contributed by atoms with Gasteiger partial charge in [0.2, 0.25) is 11.8 Å². The number of rotatable bonds is 4. The highest BCUT2D eigenvalue weighted by atomic mass is 16.5. The summed E-state index contributed by atoms with van der Waals surface area (Å²) < 4.78 is 22.8. The zero-order chi connectivity index (χ0) is 34.2. The van der Waals surface area contributed by atoms with Crippen LogP contribution >= 0.6 is 0 Å². The number of nitrogens with zero attached hydrogens (tertiary/aromatic N) is 4. The first-order chi connectivity index (χ1) is 23.2. The van der Waals surface area contributed by atoms with Crippen LogP contribution in [0.25, 0.3) is 0 Å². The van der Waals surface area contributed by atoms with E-state index in [0.29, 0.717) is 0 Å². The van der Waals surface area contributed by atoms with Crippen molar-refractivity contribution in [3.8, 4) is 0 Å². The van der Waals surface area contributed by atoms with Gasteiger partial charge in [-0.25, -0.2) is 0 Å². The molecular weight excluding hydrogens is 624 g/mol. The molecule has 0 aromatic heterocycles. The highest BCUT2D eigenvalue weighted by Crippen LogP contribution is 2.26. The molecule has 0 saturated carbocycles. The number of ether oxygens (including phenoxy) is 4. The maximum Gasteiger partial charge on any atom is 0.262 e. The molecule has 2 atom stereocenters. The molecule has 0 spiro atoms. The molecule has 14 nitrogen and oxygen atoms in total. The highest BCUT2D eigenvalue weighted by Gasteiger charge is 2.43. The normalized spacial score (nSPS) is 20.2. The lowest BCUT2D eigenvalue weighted by Gasteiger charge is -2.30. The predicted octanol–water partition coefficient (Wildman–Crippen LogP) is 1.09. The van der Waals surface area contributed by atoms with Crippen molar-refractivity contribution in [3.63, 3.8) is 0 Å². The fourth-order valence-electron chi connectivity index (χ4n) is 5.88. The minimum Gasteiger partial charge on any atom is -0.377 e. The van der Waals surface area contributed by atoms with E-state index in [1.165, 1.54) is 23.6 Å². The summed E-state index contributed by atoms with van der Waals surface area (Å²) >= 11 is 0. The zero-order valence-corrected chi connectivity index (χ0v) is 27.1. The second-order valence-electron chi connectivity index (χ2n) is 11.5. The largest absolute Gasteiger partial charge is 0.377 e. The van der Waals surface area contributed by atoms with Crippen LogP contribution in [0.15, 0.2) is 48.5 Å². The molecule has 1 fully saturated rings. The Morgan fingerprint density at radius 2 is 0.729 bits per heavy atom. The first-order valence-corrected chi connectivity index (χ1v) is 16.0. The maximum absolute atomic E-state index is 13.5. The van der Waals surface area contributed by atoms with Gasteiger partial charge in [-0.1, -0.05) is 24.3 Å². The van der Waals surface area contributed by atoms with Gasteiger partial charge >= 0.3 is 0 Å². The van der Waals surface area contributed by atoms with Crippen LogP contribution in [0.4, 0.5) is 0 Å². The van der Waals surface area contributed by atoms with E-state index >= 15 is 0 Å². The van der Waals surface area contributed by atoms with Gasteiger partial charge in [0.15, 0.2) is 0 Å². The Morgan fingerprint density at radius 1 is 0.479 bits per heavy atom. The summed E-state index contributed by atoms with van der Waals surface area (Å²) in [6, 6.07) is 10.9. The highest BCUT2D eigenvalue weighted by molar-refractivity contribution is 6.23. The fourth-order valence-corrected chi connectivity index (χ4v) is 5.88. The average molecular weight is 665 g/mol. The van der Waals surface area contributed by atoms with Gasteiger partial charge in [0, 0.05) is 26.2 Å². The van der Waals surface area contributed by atoms with Crippen LogP contribution in [0.1, 0.15) is 55.3 Å². The standard InChI is InChI=1S/C34H40N4O10/c1-23(37-31(41)25-7-3-4-8-26(25)32(37)42)29(39)35-11-15-45-19-21-47-17-13-36(14-18-48-22-20-46-16-12-35)30(40)24(2)38-33(43)27-9-5-6-10-28(27)34(38)44/h3-10,23-24H,11-22H2,1-2H3/t23-,24-/m0/s1. The molecule has 2 aromatic carbocycles. The molecule has 3 aliphatic rings. The first kappa shape index (κ1) is 34.8. The van der Waals surface area contributed by atoms with E-state index in [2.05, 4.69) is 0 Å². The molecule has 14 heteroatoms. The minimum absolute atomic E-state index is 0.176. The van der Waals surface area contributed by atoms with Crippen molar-refractivity contribution in [2.75, 3.05) is 79.0 Å². The van der Waals surface area contributed by atoms with Crippen LogP contribution < -0.4 is 0 Å². The van der Waals surface area contributed by atoms with Gasteiger partial charge < -0.3 is 28.7 Å². The number of fused-ring (bicyclic) bond motifs is 2. The molecule has 0 N–H and O–H groups in total. The topological polar surface area (TPSA) is 152 Å². The van der Waals surface area contributed by atoms with Crippen LogP contribution in [0.5, 0.6) is 0 Å². The quantitative estimate of drug-likeness (QED) is 0.435. The van der Waals surface area contributed by atoms with E-state index in [9.17, 15) is 28.8 Å². The van der Waals surface area contributed by atoms with Crippen molar-refractivity contribution in [1.29, 1.82) is 0 Å². The molecule has 2 aromatic rings. The van der Waals surface area contributed by atoms with Gasteiger partial charge in [0.05, 0.1) is 75.1 Å². The SMILES string of the molecule is C[C@@H](C(=O)N1CCOCCOCCN(C(=O)[C@H](C)N2C(=O)c3ccccc3C2=O)CCOCCOCC1)N1C(=O)c2ccccc2C1=O. The van der Waals surface area contributed by atoms with Crippen LogP contribution in [-0.4, -0.2) is 146 Å². The Balaban J connectivity index is 1.14. The van der Waals surface area contributed by atoms with E-state index in [1.807, 2.05) is 0 Å². The van der Waals surface area contributed by atoms with Gasteiger partial charge in [-0.15, -0.1) is 0 Å².